The van der Waals surface area contributed by atoms with E-state index in [-0.39, 0.29) is 21.5 Å². The van der Waals surface area contributed by atoms with Gasteiger partial charge in [0.1, 0.15) is 5.82 Å². The molecule has 0 fully saturated rings. The van der Waals surface area contributed by atoms with Crippen molar-refractivity contribution in [2.75, 3.05) is 5.32 Å². The number of nitrogens with one attached hydrogen (secondary N) is 2. The fraction of sp³-hybridized carbons (Fsp3) is 0. The van der Waals surface area contributed by atoms with Crippen LogP contribution in [0.4, 0.5) is 10.1 Å². The zero-order valence-corrected chi connectivity index (χ0v) is 10.9. The molecule has 0 aliphatic heterocycles. The molecule has 6 nitrogen and oxygen atoms in total. The van der Waals surface area contributed by atoms with Gasteiger partial charge in [0.25, 0.3) is 5.91 Å². The molecule has 0 radical (unpaired) electrons. The van der Waals surface area contributed by atoms with E-state index in [1.807, 2.05) is 0 Å². The lowest BCUT2D eigenvalue weighted by molar-refractivity contribution is 0.0686. The van der Waals surface area contributed by atoms with Crippen molar-refractivity contribution in [3.05, 3.63) is 46.2 Å². The molecular weight excluding hydrogens is 321 g/mol. The number of carboxylic acids is 1. The fourth-order valence-electron chi connectivity index (χ4n) is 1.39. The van der Waals surface area contributed by atoms with E-state index in [4.69, 9.17) is 5.11 Å². The quantitative estimate of drug-likeness (QED) is 0.805. The first-order valence-electron chi connectivity index (χ1n) is 5.02. The Morgan fingerprint density at radius 3 is 2.79 bits per heavy atom. The molecule has 0 bridgehead atoms. The maximum absolute atomic E-state index is 13.3. The minimum absolute atomic E-state index is 0.199. The Morgan fingerprint density at radius 2 is 2.16 bits per heavy atom. The van der Waals surface area contributed by atoms with Crippen LogP contribution in [0.2, 0.25) is 0 Å². The van der Waals surface area contributed by atoms with Gasteiger partial charge in [0.2, 0.25) is 0 Å². The van der Waals surface area contributed by atoms with E-state index in [0.717, 1.165) is 12.4 Å². The molecule has 1 heterocycles. The van der Waals surface area contributed by atoms with Crippen molar-refractivity contribution in [2.24, 2.45) is 0 Å². The van der Waals surface area contributed by atoms with Gasteiger partial charge in [-0.05, 0) is 34.1 Å². The van der Waals surface area contributed by atoms with Crippen LogP contribution in [0.25, 0.3) is 0 Å². The zero-order chi connectivity index (χ0) is 14.0. The number of rotatable bonds is 3. The monoisotopic (exact) mass is 327 g/mol. The van der Waals surface area contributed by atoms with Crippen molar-refractivity contribution in [3.8, 4) is 0 Å². The summed E-state index contributed by atoms with van der Waals surface area (Å²) in [5.74, 6) is -2.58. The first-order valence-corrected chi connectivity index (χ1v) is 5.81. The molecule has 0 unspecified atom stereocenters. The molecule has 8 heteroatoms. The Kier molecular flexibility index (Phi) is 3.61. The van der Waals surface area contributed by atoms with Crippen LogP contribution in [0.15, 0.2) is 29.0 Å². The number of hydrogen-bond donors (Lipinski definition) is 3. The van der Waals surface area contributed by atoms with Crippen LogP contribution in [-0.4, -0.2) is 27.0 Å². The smallest absolute Gasteiger partial charge is 0.354 e. The summed E-state index contributed by atoms with van der Waals surface area (Å²) in [5, 5.41) is 11.2. The maximum Gasteiger partial charge on any atom is 0.354 e. The summed E-state index contributed by atoms with van der Waals surface area (Å²) in [4.78, 5) is 28.6. The standard InChI is InChI=1S/C11H7BrFN3O3/c12-6-2-1-5(3-7(6)13)16-10(17)8-9(11(18)19)15-4-14-8/h1-4H,(H,14,15)(H,16,17)(H,18,19). The number of carbonyl (C=O) groups is 2. The minimum atomic E-state index is -1.30. The van der Waals surface area contributed by atoms with Crippen molar-refractivity contribution in [1.29, 1.82) is 0 Å². The van der Waals surface area contributed by atoms with E-state index in [1.54, 1.807) is 0 Å². The summed E-state index contributed by atoms with van der Waals surface area (Å²) in [6.07, 6.45) is 1.10. The second-order valence-corrected chi connectivity index (χ2v) is 4.37. The average molecular weight is 328 g/mol. The van der Waals surface area contributed by atoms with Gasteiger partial charge in [-0.1, -0.05) is 0 Å². The lowest BCUT2D eigenvalue weighted by atomic mass is 10.2. The molecule has 1 aromatic heterocycles. The third-order valence-electron chi connectivity index (χ3n) is 2.25. The van der Waals surface area contributed by atoms with Crippen molar-refractivity contribution < 1.29 is 19.1 Å². The Balaban J connectivity index is 2.23. The van der Waals surface area contributed by atoms with E-state index in [2.05, 4.69) is 31.2 Å². The molecule has 1 amide bonds. The van der Waals surface area contributed by atoms with Crippen LogP contribution in [0.3, 0.4) is 0 Å². The van der Waals surface area contributed by atoms with Gasteiger partial charge in [-0.15, -0.1) is 0 Å². The van der Waals surface area contributed by atoms with Crippen LogP contribution in [-0.2, 0) is 0 Å². The summed E-state index contributed by atoms with van der Waals surface area (Å²) < 4.78 is 13.5. The Labute approximate surface area is 114 Å². The van der Waals surface area contributed by atoms with Crippen molar-refractivity contribution in [1.82, 2.24) is 9.97 Å². The number of hydrogen-bond acceptors (Lipinski definition) is 3. The van der Waals surface area contributed by atoms with Crippen molar-refractivity contribution >= 4 is 33.5 Å². The predicted octanol–water partition coefficient (Wildman–Crippen LogP) is 2.26. The predicted molar refractivity (Wildman–Crippen MR) is 67.6 cm³/mol. The highest BCUT2D eigenvalue weighted by molar-refractivity contribution is 9.10. The first kappa shape index (κ1) is 13.2. The number of halogens is 2. The topological polar surface area (TPSA) is 95.1 Å². The largest absolute Gasteiger partial charge is 0.477 e. The van der Waals surface area contributed by atoms with Gasteiger partial charge >= 0.3 is 5.97 Å². The summed E-state index contributed by atoms with van der Waals surface area (Å²) in [6, 6.07) is 4.00. The molecule has 0 saturated carbocycles. The van der Waals surface area contributed by atoms with Gasteiger partial charge in [0, 0.05) is 5.69 Å². The second kappa shape index (κ2) is 5.19. The molecule has 0 saturated heterocycles. The van der Waals surface area contributed by atoms with E-state index >= 15 is 0 Å². The number of anilines is 1. The van der Waals surface area contributed by atoms with E-state index < -0.39 is 17.7 Å². The number of aromatic amines is 1. The van der Waals surface area contributed by atoms with E-state index in [0.29, 0.717) is 0 Å². The number of H-pyrrole nitrogens is 1. The van der Waals surface area contributed by atoms with Gasteiger partial charge < -0.3 is 15.4 Å². The number of carboxylic acid groups (broad SMARTS) is 1. The van der Waals surface area contributed by atoms with E-state index in [9.17, 15) is 14.0 Å². The number of imidazole rings is 1. The normalized spacial score (nSPS) is 10.2. The highest BCUT2D eigenvalue weighted by Gasteiger charge is 2.19. The number of benzene rings is 1. The highest BCUT2D eigenvalue weighted by atomic mass is 79.9. The molecule has 2 rings (SSSR count). The molecule has 98 valence electrons. The number of aromatic nitrogens is 2. The van der Waals surface area contributed by atoms with Crippen LogP contribution in [0.5, 0.6) is 0 Å². The molecule has 3 N–H and O–H groups in total. The molecule has 1 aromatic carbocycles. The van der Waals surface area contributed by atoms with E-state index in [1.165, 1.54) is 12.1 Å². The average Bonchev–Trinajstić information content (AvgIpc) is 2.83. The van der Waals surface area contributed by atoms with Gasteiger partial charge in [-0.3, -0.25) is 4.79 Å². The molecule has 19 heavy (non-hydrogen) atoms. The summed E-state index contributed by atoms with van der Waals surface area (Å²) >= 11 is 2.98. The number of amides is 1. The van der Waals surface area contributed by atoms with Crippen LogP contribution in [0.1, 0.15) is 21.0 Å². The van der Waals surface area contributed by atoms with Gasteiger partial charge in [-0.25, -0.2) is 14.2 Å². The SMILES string of the molecule is O=C(Nc1ccc(Br)c(F)c1)c1nc[nH]c1C(=O)O. The molecule has 0 spiro atoms. The van der Waals surface area contributed by atoms with Crippen LogP contribution < -0.4 is 5.32 Å². The molecule has 0 aliphatic carbocycles. The third kappa shape index (κ3) is 2.79. The molecular formula is C11H7BrFN3O3. The summed E-state index contributed by atoms with van der Waals surface area (Å²) in [7, 11) is 0. The number of carbonyl (C=O) groups excluding carboxylic acids is 1. The first-order chi connectivity index (χ1) is 8.99. The van der Waals surface area contributed by atoms with Crippen molar-refractivity contribution in [2.45, 2.75) is 0 Å². The van der Waals surface area contributed by atoms with Gasteiger partial charge in [0.15, 0.2) is 11.4 Å². The number of aromatic carboxylic acids is 1. The maximum atomic E-state index is 13.3. The van der Waals surface area contributed by atoms with Gasteiger partial charge in [-0.2, -0.15) is 0 Å². The zero-order valence-electron chi connectivity index (χ0n) is 9.28. The molecule has 2 aromatic rings. The van der Waals surface area contributed by atoms with Crippen molar-refractivity contribution in [3.63, 3.8) is 0 Å². The second-order valence-electron chi connectivity index (χ2n) is 3.51. The lowest BCUT2D eigenvalue weighted by Crippen LogP contribution is -2.16. The van der Waals surface area contributed by atoms with Crippen LogP contribution in [0, 0.1) is 5.82 Å². The summed E-state index contributed by atoms with van der Waals surface area (Å²) in [5.41, 5.74) is -0.393. The molecule has 0 atom stereocenters. The summed E-state index contributed by atoms with van der Waals surface area (Å²) in [6.45, 7) is 0. The minimum Gasteiger partial charge on any atom is -0.477 e. The highest BCUT2D eigenvalue weighted by Crippen LogP contribution is 2.19. The fourth-order valence-corrected chi connectivity index (χ4v) is 1.64. The Morgan fingerprint density at radius 1 is 1.42 bits per heavy atom. The third-order valence-corrected chi connectivity index (χ3v) is 2.89. The number of nitrogens with zero attached hydrogens (tertiary/aromatic N) is 1. The van der Waals surface area contributed by atoms with Crippen LogP contribution >= 0.6 is 15.9 Å². The molecule has 0 aliphatic rings. The Bertz CT molecular complexity index is 656. The Hall–Kier alpha value is -2.22. The lowest BCUT2D eigenvalue weighted by Gasteiger charge is -2.04. The van der Waals surface area contributed by atoms with Gasteiger partial charge in [0.05, 0.1) is 10.8 Å².